The Morgan fingerprint density at radius 2 is 1.83 bits per heavy atom. The number of nitrogens with two attached hydrogens (primary N) is 1. The zero-order valence-corrected chi connectivity index (χ0v) is 12.6. The molecule has 3 N–H and O–H groups in total. The number of carbonyl (C=O) groups is 2. The van der Waals surface area contributed by atoms with Crippen LogP contribution in [-0.2, 0) is 0 Å². The lowest BCUT2D eigenvalue weighted by Crippen LogP contribution is -2.33. The molecule has 0 atom stereocenters. The molecule has 0 spiro atoms. The van der Waals surface area contributed by atoms with E-state index in [4.69, 9.17) is 5.73 Å². The van der Waals surface area contributed by atoms with Crippen LogP contribution in [0.5, 0.6) is 0 Å². The number of pyridine rings is 1. The van der Waals surface area contributed by atoms with Gasteiger partial charge in [0.05, 0.1) is 6.54 Å². The first-order valence-corrected chi connectivity index (χ1v) is 7.15. The van der Waals surface area contributed by atoms with Crippen LogP contribution < -0.4 is 11.1 Å². The molecular formula is C16H14N6O2. The summed E-state index contributed by atoms with van der Waals surface area (Å²) in [5.74, 6) is -0.663. The molecule has 2 heterocycles. The average Bonchev–Trinajstić information content (AvgIpc) is 3.03. The lowest BCUT2D eigenvalue weighted by atomic mass is 10.2. The molecule has 24 heavy (non-hydrogen) atoms. The first-order chi connectivity index (χ1) is 11.6. The Morgan fingerprint density at radius 1 is 1.08 bits per heavy atom. The van der Waals surface area contributed by atoms with E-state index in [1.807, 2.05) is 0 Å². The monoisotopic (exact) mass is 322 g/mol. The molecule has 0 unspecified atom stereocenters. The van der Waals surface area contributed by atoms with Gasteiger partial charge in [-0.25, -0.2) is 0 Å². The highest BCUT2D eigenvalue weighted by molar-refractivity contribution is 5.96. The number of nitrogens with zero attached hydrogens (tertiary/aromatic N) is 4. The number of rotatable bonds is 4. The van der Waals surface area contributed by atoms with Gasteiger partial charge < -0.3 is 11.1 Å². The van der Waals surface area contributed by atoms with Crippen molar-refractivity contribution in [2.24, 2.45) is 0 Å². The van der Waals surface area contributed by atoms with Crippen LogP contribution in [0.15, 0.2) is 54.7 Å². The molecule has 1 aromatic carbocycles. The topological polar surface area (TPSA) is 116 Å². The predicted molar refractivity (Wildman–Crippen MR) is 87.1 cm³/mol. The summed E-state index contributed by atoms with van der Waals surface area (Å²) in [4.78, 5) is 32.3. The average molecular weight is 322 g/mol. The zero-order chi connectivity index (χ0) is 16.9. The number of benzene rings is 1. The van der Waals surface area contributed by atoms with Gasteiger partial charge in [0.1, 0.15) is 5.69 Å². The smallest absolute Gasteiger partial charge is 0.269 e. The van der Waals surface area contributed by atoms with Crippen LogP contribution in [0.25, 0.3) is 11.5 Å². The van der Waals surface area contributed by atoms with Crippen LogP contribution in [-0.4, -0.2) is 38.1 Å². The molecule has 0 bridgehead atoms. The minimum atomic E-state index is -0.494. The quantitative estimate of drug-likeness (QED) is 0.740. The summed E-state index contributed by atoms with van der Waals surface area (Å²) in [6.07, 6.45) is 1.59. The molecule has 8 nitrogen and oxygen atoms in total. The fraction of sp³-hybridized carbons (Fsp3) is 0.0625. The number of anilines is 1. The molecule has 0 saturated heterocycles. The number of hydrogen-bond donors (Lipinski definition) is 2. The summed E-state index contributed by atoms with van der Waals surface area (Å²) < 4.78 is 0.954. The molecule has 2 aromatic heterocycles. The van der Waals surface area contributed by atoms with Crippen LogP contribution >= 0.6 is 0 Å². The minimum Gasteiger partial charge on any atom is -0.368 e. The zero-order valence-electron chi connectivity index (χ0n) is 12.6. The fourth-order valence-corrected chi connectivity index (χ4v) is 2.03. The highest BCUT2D eigenvalue weighted by atomic mass is 16.2. The van der Waals surface area contributed by atoms with E-state index in [2.05, 4.69) is 20.4 Å². The van der Waals surface area contributed by atoms with Gasteiger partial charge in [-0.2, -0.15) is 9.67 Å². The lowest BCUT2D eigenvalue weighted by Gasteiger charge is -2.04. The molecule has 120 valence electrons. The third-order valence-electron chi connectivity index (χ3n) is 3.20. The number of nitrogen functional groups attached to an aromatic ring is 1. The molecule has 0 saturated carbocycles. The normalized spacial score (nSPS) is 10.3. The molecule has 0 radical (unpaired) electrons. The molecule has 3 rings (SSSR count). The summed E-state index contributed by atoms with van der Waals surface area (Å²) in [5.41, 5.74) is 6.69. The van der Waals surface area contributed by atoms with Crippen molar-refractivity contribution in [1.82, 2.24) is 25.1 Å². The molecule has 0 aliphatic heterocycles. The third kappa shape index (κ3) is 3.27. The molecule has 8 heteroatoms. The standard InChI is InChI=1S/C16H14N6O2/c17-16-20-14(12-8-4-5-9-18-12)21-22(16)13(23)10-19-15(24)11-6-2-1-3-7-11/h1-9H,10H2,(H,19,24)(H2,17,20,21). The van der Waals surface area contributed by atoms with E-state index in [-0.39, 0.29) is 24.2 Å². The van der Waals surface area contributed by atoms with Crippen molar-refractivity contribution in [3.8, 4) is 11.5 Å². The van der Waals surface area contributed by atoms with E-state index >= 15 is 0 Å². The summed E-state index contributed by atoms with van der Waals surface area (Å²) in [5, 5.41) is 6.57. The van der Waals surface area contributed by atoms with Gasteiger partial charge >= 0.3 is 0 Å². The van der Waals surface area contributed by atoms with Gasteiger partial charge in [0.2, 0.25) is 11.8 Å². The second kappa shape index (κ2) is 6.69. The second-order valence-electron chi connectivity index (χ2n) is 4.86. The van der Waals surface area contributed by atoms with Crippen LogP contribution in [0.3, 0.4) is 0 Å². The van der Waals surface area contributed by atoms with Gasteiger partial charge in [-0.3, -0.25) is 14.6 Å². The summed E-state index contributed by atoms with van der Waals surface area (Å²) in [6, 6.07) is 13.8. The van der Waals surface area contributed by atoms with Gasteiger partial charge in [0, 0.05) is 11.8 Å². The summed E-state index contributed by atoms with van der Waals surface area (Å²) in [6.45, 7) is -0.247. The summed E-state index contributed by atoms with van der Waals surface area (Å²) >= 11 is 0. The van der Waals surface area contributed by atoms with Crippen LogP contribution in [0.4, 0.5) is 5.95 Å². The van der Waals surface area contributed by atoms with Gasteiger partial charge in [0.25, 0.3) is 11.8 Å². The van der Waals surface area contributed by atoms with Crippen molar-refractivity contribution in [2.75, 3.05) is 12.3 Å². The van der Waals surface area contributed by atoms with Gasteiger partial charge in [-0.15, -0.1) is 5.10 Å². The Labute approximate surface area is 137 Å². The van der Waals surface area contributed by atoms with E-state index in [0.29, 0.717) is 11.3 Å². The van der Waals surface area contributed by atoms with Crippen molar-refractivity contribution in [3.05, 3.63) is 60.3 Å². The van der Waals surface area contributed by atoms with E-state index in [9.17, 15) is 9.59 Å². The van der Waals surface area contributed by atoms with Crippen molar-refractivity contribution >= 4 is 17.8 Å². The maximum Gasteiger partial charge on any atom is 0.269 e. The van der Waals surface area contributed by atoms with Crippen molar-refractivity contribution in [2.45, 2.75) is 0 Å². The minimum absolute atomic E-state index is 0.0605. The third-order valence-corrected chi connectivity index (χ3v) is 3.20. The largest absolute Gasteiger partial charge is 0.368 e. The SMILES string of the molecule is Nc1nc(-c2ccccn2)nn1C(=O)CNC(=O)c1ccccc1. The fourth-order valence-electron chi connectivity index (χ4n) is 2.03. The van der Waals surface area contributed by atoms with E-state index in [1.54, 1.807) is 54.7 Å². The maximum atomic E-state index is 12.2. The molecule has 0 fully saturated rings. The first kappa shape index (κ1) is 15.3. The molecule has 3 aromatic rings. The Hall–Kier alpha value is -3.55. The molecule has 0 aliphatic carbocycles. The van der Waals surface area contributed by atoms with Crippen LogP contribution in [0, 0.1) is 0 Å². The van der Waals surface area contributed by atoms with Crippen LogP contribution in [0.1, 0.15) is 15.2 Å². The number of aromatic nitrogens is 4. The van der Waals surface area contributed by atoms with Gasteiger partial charge in [-0.05, 0) is 24.3 Å². The Kier molecular flexibility index (Phi) is 4.28. The maximum absolute atomic E-state index is 12.2. The van der Waals surface area contributed by atoms with Gasteiger partial charge in [0.15, 0.2) is 0 Å². The number of nitrogens with one attached hydrogen (secondary N) is 1. The van der Waals surface area contributed by atoms with Crippen LogP contribution in [0.2, 0.25) is 0 Å². The molecular weight excluding hydrogens is 308 g/mol. The van der Waals surface area contributed by atoms with Crippen molar-refractivity contribution in [1.29, 1.82) is 0 Å². The highest BCUT2D eigenvalue weighted by Crippen LogP contribution is 2.12. The number of carbonyl (C=O) groups excluding carboxylic acids is 2. The van der Waals surface area contributed by atoms with E-state index in [1.165, 1.54) is 0 Å². The lowest BCUT2D eigenvalue weighted by molar-refractivity contribution is 0.0852. The van der Waals surface area contributed by atoms with Crippen molar-refractivity contribution < 1.29 is 9.59 Å². The highest BCUT2D eigenvalue weighted by Gasteiger charge is 2.16. The molecule has 1 amide bonds. The van der Waals surface area contributed by atoms with E-state index < -0.39 is 5.91 Å². The first-order valence-electron chi connectivity index (χ1n) is 7.15. The summed E-state index contributed by atoms with van der Waals surface area (Å²) in [7, 11) is 0. The molecule has 0 aliphatic rings. The van der Waals surface area contributed by atoms with Gasteiger partial charge in [-0.1, -0.05) is 24.3 Å². The Morgan fingerprint density at radius 3 is 2.54 bits per heavy atom. The second-order valence-corrected chi connectivity index (χ2v) is 4.86. The number of hydrogen-bond acceptors (Lipinski definition) is 6. The predicted octanol–water partition coefficient (Wildman–Crippen LogP) is 0.992. The Balaban J connectivity index is 1.70. The Bertz CT molecular complexity index is 861. The van der Waals surface area contributed by atoms with E-state index in [0.717, 1.165) is 4.68 Å². The van der Waals surface area contributed by atoms with Crippen molar-refractivity contribution in [3.63, 3.8) is 0 Å². The number of amides is 1.